The Labute approximate surface area is 143 Å². The molecule has 2 aromatic heterocycles. The van der Waals surface area contributed by atoms with Crippen LogP contribution in [0.2, 0.25) is 0 Å². The van der Waals surface area contributed by atoms with Gasteiger partial charge in [-0.1, -0.05) is 18.0 Å². The highest BCUT2D eigenvalue weighted by Crippen LogP contribution is 2.32. The van der Waals surface area contributed by atoms with E-state index in [2.05, 4.69) is 5.16 Å². The molecule has 24 heavy (non-hydrogen) atoms. The smallest absolute Gasteiger partial charge is 0.223 e. The maximum absolute atomic E-state index is 12.9. The Morgan fingerprint density at radius 3 is 2.75 bits per heavy atom. The molecule has 1 atom stereocenters. The van der Waals surface area contributed by atoms with Gasteiger partial charge >= 0.3 is 0 Å². The van der Waals surface area contributed by atoms with Gasteiger partial charge in [-0.3, -0.25) is 4.79 Å². The number of hydrogen-bond donors (Lipinski definition) is 0. The quantitative estimate of drug-likeness (QED) is 0.840. The van der Waals surface area contributed by atoms with Crippen molar-refractivity contribution in [2.75, 3.05) is 6.54 Å². The number of likely N-dealkylation sites (tertiary alicyclic amines) is 1. The van der Waals surface area contributed by atoms with Gasteiger partial charge in [-0.2, -0.15) is 0 Å². The van der Waals surface area contributed by atoms with E-state index in [0.717, 1.165) is 54.3 Å². The van der Waals surface area contributed by atoms with Crippen LogP contribution in [0.15, 0.2) is 21.1 Å². The first kappa shape index (κ1) is 16.8. The van der Waals surface area contributed by atoms with Crippen molar-refractivity contribution in [2.45, 2.75) is 65.3 Å². The predicted octanol–water partition coefficient (Wildman–Crippen LogP) is 4.27. The van der Waals surface area contributed by atoms with Gasteiger partial charge in [0, 0.05) is 18.5 Å². The zero-order valence-electron chi connectivity index (χ0n) is 14.8. The zero-order valence-corrected chi connectivity index (χ0v) is 14.8. The number of nitrogens with zero attached hydrogens (tertiary/aromatic N) is 2. The van der Waals surface area contributed by atoms with Gasteiger partial charge in [0.2, 0.25) is 5.91 Å². The first-order valence-electron chi connectivity index (χ1n) is 8.84. The highest BCUT2D eigenvalue weighted by Gasteiger charge is 2.28. The first-order chi connectivity index (χ1) is 11.6. The maximum atomic E-state index is 12.9. The molecule has 0 aromatic carbocycles. The van der Waals surface area contributed by atoms with E-state index in [0.29, 0.717) is 12.8 Å². The van der Waals surface area contributed by atoms with Crippen molar-refractivity contribution in [3.8, 4) is 0 Å². The van der Waals surface area contributed by atoms with Crippen LogP contribution in [0.4, 0.5) is 0 Å². The Bertz CT molecular complexity index is 682. The second-order valence-electron chi connectivity index (χ2n) is 6.70. The maximum Gasteiger partial charge on any atom is 0.223 e. The summed E-state index contributed by atoms with van der Waals surface area (Å²) in [6.07, 6.45) is 5.51. The Balaban J connectivity index is 1.72. The average Bonchev–Trinajstić information content (AvgIpc) is 3.02. The van der Waals surface area contributed by atoms with Gasteiger partial charge in [0.25, 0.3) is 0 Å². The molecule has 3 rings (SSSR count). The summed E-state index contributed by atoms with van der Waals surface area (Å²) in [6, 6.07) is 4.06. The number of carbonyl (C=O) groups is 1. The Kier molecular flexibility index (Phi) is 5.07. The van der Waals surface area contributed by atoms with Crippen LogP contribution in [-0.2, 0) is 11.2 Å². The van der Waals surface area contributed by atoms with Crippen molar-refractivity contribution in [3.63, 3.8) is 0 Å². The fraction of sp³-hybridized carbons (Fsp3) is 0.579. The highest BCUT2D eigenvalue weighted by molar-refractivity contribution is 5.77. The number of hydrogen-bond acceptors (Lipinski definition) is 4. The molecule has 0 aliphatic carbocycles. The predicted molar refractivity (Wildman–Crippen MR) is 90.7 cm³/mol. The summed E-state index contributed by atoms with van der Waals surface area (Å²) in [5.74, 6) is 2.82. The van der Waals surface area contributed by atoms with Crippen LogP contribution in [-0.4, -0.2) is 22.5 Å². The number of furan rings is 1. The minimum absolute atomic E-state index is 0.0679. The normalized spacial score (nSPS) is 18.6. The van der Waals surface area contributed by atoms with Crippen molar-refractivity contribution in [1.29, 1.82) is 0 Å². The lowest BCUT2D eigenvalue weighted by atomic mass is 10.1. The van der Waals surface area contributed by atoms with Gasteiger partial charge in [-0.25, -0.2) is 0 Å². The molecule has 1 aliphatic rings. The number of aryl methyl sites for hydroxylation is 3. The van der Waals surface area contributed by atoms with Crippen LogP contribution < -0.4 is 0 Å². The number of amides is 1. The van der Waals surface area contributed by atoms with Crippen LogP contribution in [0.25, 0.3) is 0 Å². The van der Waals surface area contributed by atoms with Crippen molar-refractivity contribution in [3.05, 3.63) is 40.7 Å². The third-order valence-corrected chi connectivity index (χ3v) is 4.93. The first-order valence-corrected chi connectivity index (χ1v) is 8.84. The monoisotopic (exact) mass is 330 g/mol. The Hall–Kier alpha value is -2.04. The molecule has 1 fully saturated rings. The summed E-state index contributed by atoms with van der Waals surface area (Å²) < 4.78 is 11.0. The molecule has 0 spiro atoms. The molecule has 130 valence electrons. The van der Waals surface area contributed by atoms with Gasteiger partial charge in [0.05, 0.1) is 11.7 Å². The van der Waals surface area contributed by atoms with Gasteiger partial charge in [0.15, 0.2) is 0 Å². The molecule has 0 unspecified atom stereocenters. The van der Waals surface area contributed by atoms with E-state index in [-0.39, 0.29) is 11.9 Å². The third-order valence-electron chi connectivity index (χ3n) is 4.93. The fourth-order valence-electron chi connectivity index (χ4n) is 3.57. The van der Waals surface area contributed by atoms with Gasteiger partial charge in [0.1, 0.15) is 17.3 Å². The van der Waals surface area contributed by atoms with E-state index >= 15 is 0 Å². The summed E-state index contributed by atoms with van der Waals surface area (Å²) in [5, 5.41) is 3.97. The van der Waals surface area contributed by atoms with E-state index in [1.807, 2.05) is 37.8 Å². The lowest BCUT2D eigenvalue weighted by molar-refractivity contribution is -0.134. The van der Waals surface area contributed by atoms with Crippen molar-refractivity contribution in [2.24, 2.45) is 0 Å². The summed E-state index contributed by atoms with van der Waals surface area (Å²) >= 11 is 0. The zero-order chi connectivity index (χ0) is 17.1. The van der Waals surface area contributed by atoms with E-state index in [4.69, 9.17) is 8.94 Å². The standard InChI is InChI=1S/C19H26N2O3/c1-13-8-10-18(23-13)17-7-5-4-6-12-21(17)19(22)11-9-16-14(2)20-24-15(16)3/h8,10,17H,4-7,9,11-12H2,1-3H3/t17-/m0/s1. The van der Waals surface area contributed by atoms with E-state index in [1.165, 1.54) is 6.42 Å². The number of aromatic nitrogens is 1. The lowest BCUT2D eigenvalue weighted by Crippen LogP contribution is -2.34. The van der Waals surface area contributed by atoms with E-state index < -0.39 is 0 Å². The minimum atomic E-state index is 0.0679. The number of carbonyl (C=O) groups excluding carboxylic acids is 1. The molecule has 1 aliphatic heterocycles. The summed E-state index contributed by atoms with van der Waals surface area (Å²) in [4.78, 5) is 14.9. The molecule has 0 N–H and O–H groups in total. The second-order valence-corrected chi connectivity index (χ2v) is 6.70. The minimum Gasteiger partial charge on any atom is -0.464 e. The van der Waals surface area contributed by atoms with Crippen LogP contribution in [0.3, 0.4) is 0 Å². The fourth-order valence-corrected chi connectivity index (χ4v) is 3.57. The molecule has 2 aromatic rings. The van der Waals surface area contributed by atoms with Crippen molar-refractivity contribution < 1.29 is 13.7 Å². The van der Waals surface area contributed by atoms with Crippen LogP contribution >= 0.6 is 0 Å². The molecule has 1 amide bonds. The summed E-state index contributed by atoms with van der Waals surface area (Å²) in [5.41, 5.74) is 1.94. The Morgan fingerprint density at radius 1 is 1.25 bits per heavy atom. The Morgan fingerprint density at radius 2 is 2.08 bits per heavy atom. The summed E-state index contributed by atoms with van der Waals surface area (Å²) in [7, 11) is 0. The van der Waals surface area contributed by atoms with Gasteiger partial charge in [-0.15, -0.1) is 0 Å². The number of rotatable bonds is 4. The van der Waals surface area contributed by atoms with Crippen LogP contribution in [0.1, 0.15) is 66.7 Å². The summed E-state index contributed by atoms with van der Waals surface area (Å²) in [6.45, 7) is 6.59. The van der Waals surface area contributed by atoms with Gasteiger partial charge < -0.3 is 13.8 Å². The molecule has 5 heteroatoms. The topological polar surface area (TPSA) is 59.5 Å². The highest BCUT2D eigenvalue weighted by atomic mass is 16.5. The SMILES string of the molecule is Cc1ccc([C@@H]2CCCCCN2C(=O)CCc2c(C)noc2C)o1. The molecular formula is C19H26N2O3. The molecular weight excluding hydrogens is 304 g/mol. The molecule has 0 radical (unpaired) electrons. The third kappa shape index (κ3) is 3.55. The molecule has 0 saturated carbocycles. The van der Waals surface area contributed by atoms with Crippen LogP contribution in [0, 0.1) is 20.8 Å². The second kappa shape index (κ2) is 7.24. The van der Waals surface area contributed by atoms with E-state index in [9.17, 15) is 4.79 Å². The molecule has 3 heterocycles. The van der Waals surface area contributed by atoms with Crippen molar-refractivity contribution in [1.82, 2.24) is 10.1 Å². The largest absolute Gasteiger partial charge is 0.464 e. The molecule has 5 nitrogen and oxygen atoms in total. The van der Waals surface area contributed by atoms with Crippen molar-refractivity contribution >= 4 is 5.91 Å². The average molecular weight is 330 g/mol. The molecule has 0 bridgehead atoms. The lowest BCUT2D eigenvalue weighted by Gasteiger charge is -2.29. The molecule has 1 saturated heterocycles. The van der Waals surface area contributed by atoms with Gasteiger partial charge in [-0.05, 0) is 52.2 Å². The van der Waals surface area contributed by atoms with E-state index in [1.54, 1.807) is 0 Å². The van der Waals surface area contributed by atoms with Crippen LogP contribution in [0.5, 0.6) is 0 Å².